The molecule has 7 heteroatoms. The minimum absolute atomic E-state index is 0.121. The Hall–Kier alpha value is -3.32. The summed E-state index contributed by atoms with van der Waals surface area (Å²) in [4.78, 5) is 28.4. The Morgan fingerprint density at radius 2 is 1.44 bits per heavy atom. The molecule has 0 aliphatic rings. The van der Waals surface area contributed by atoms with Crippen LogP contribution in [0.15, 0.2) is 69.9 Å². The summed E-state index contributed by atoms with van der Waals surface area (Å²) in [5.74, 6) is -0.491. The van der Waals surface area contributed by atoms with Gasteiger partial charge in [-0.3, -0.25) is 9.69 Å². The van der Waals surface area contributed by atoms with Crippen LogP contribution < -0.4 is 20.3 Å². The number of carbonyl (C=O) groups excluding carboxylic acids is 1. The maximum absolute atomic E-state index is 13.8. The van der Waals surface area contributed by atoms with Crippen molar-refractivity contribution in [3.05, 3.63) is 76.5 Å². The fourth-order valence-corrected chi connectivity index (χ4v) is 5.08. The highest BCUT2D eigenvalue weighted by Crippen LogP contribution is 2.36. The van der Waals surface area contributed by atoms with Crippen molar-refractivity contribution in [3.63, 3.8) is 0 Å². The maximum atomic E-state index is 13.8. The molecule has 0 aliphatic carbocycles. The van der Waals surface area contributed by atoms with E-state index in [1.165, 1.54) is 0 Å². The summed E-state index contributed by atoms with van der Waals surface area (Å²) in [7, 11) is -2.31. The van der Waals surface area contributed by atoms with Gasteiger partial charge in [-0.1, -0.05) is 56.0 Å². The van der Waals surface area contributed by atoms with Gasteiger partial charge in [0, 0.05) is 16.6 Å². The van der Waals surface area contributed by atoms with Gasteiger partial charge in [-0.2, -0.15) is 0 Å². The first-order valence-corrected chi connectivity index (χ1v) is 14.2. The third-order valence-corrected chi connectivity index (χ3v) is 6.74. The number of anilines is 3. The second-order valence-electron chi connectivity index (χ2n) is 8.18. The molecule has 6 nitrogen and oxygen atoms in total. The lowest BCUT2D eigenvalue weighted by Crippen LogP contribution is -2.51. The summed E-state index contributed by atoms with van der Waals surface area (Å²) in [6.07, 6.45) is 0. The molecule has 0 fully saturated rings. The summed E-state index contributed by atoms with van der Waals surface area (Å²) in [6, 6.07) is 19.3. The van der Waals surface area contributed by atoms with Crippen molar-refractivity contribution < 1.29 is 18.7 Å². The van der Waals surface area contributed by atoms with E-state index in [0.29, 0.717) is 11.1 Å². The monoisotopic (exact) mass is 451 g/mol. The van der Waals surface area contributed by atoms with Crippen molar-refractivity contribution in [1.29, 1.82) is 0 Å². The van der Waals surface area contributed by atoms with Gasteiger partial charge in [0.25, 0.3) is 0 Å². The predicted molar refractivity (Wildman–Crippen MR) is 130 cm³/mol. The Kier molecular flexibility index (Phi) is 7.20. The molecule has 3 rings (SSSR count). The number of rotatable bonds is 8. The fraction of sp³-hybridized carbons (Fsp3) is 0.280. The standard InChI is InChI=1S/C25H29NO5Si/c1-6-29-24(28)20-21(27)22(32(3,4)5)23(31-25(20)30-7-2)26(18-14-10-8-11-15-18)19-16-12-9-13-17-19/h8-17H,6-7H2,1-5H3. The van der Waals surface area contributed by atoms with Crippen LogP contribution in [0.3, 0.4) is 0 Å². The SMILES string of the molecule is CCOC(=O)c1c(OCC)oc(N(c2ccccc2)c2ccccc2)c([Si](C)(C)C)c1=O. The maximum Gasteiger partial charge on any atom is 0.349 e. The average Bonchev–Trinajstić information content (AvgIpc) is 2.75. The van der Waals surface area contributed by atoms with Gasteiger partial charge in [0.05, 0.1) is 21.3 Å². The Labute approximate surface area is 189 Å². The number of hydrogen-bond donors (Lipinski definition) is 0. The van der Waals surface area contributed by atoms with E-state index in [2.05, 4.69) is 0 Å². The Bertz CT molecular complexity index is 1080. The van der Waals surface area contributed by atoms with Gasteiger partial charge >= 0.3 is 11.9 Å². The molecule has 0 saturated carbocycles. The Morgan fingerprint density at radius 3 is 1.88 bits per heavy atom. The van der Waals surface area contributed by atoms with Crippen molar-refractivity contribution >= 4 is 36.5 Å². The van der Waals surface area contributed by atoms with Crippen LogP contribution in [0.1, 0.15) is 24.2 Å². The normalized spacial score (nSPS) is 11.2. The zero-order valence-electron chi connectivity index (χ0n) is 19.2. The van der Waals surface area contributed by atoms with Gasteiger partial charge in [0.15, 0.2) is 5.56 Å². The van der Waals surface area contributed by atoms with Crippen LogP contribution >= 0.6 is 0 Å². The minimum Gasteiger partial charge on any atom is -0.465 e. The minimum atomic E-state index is -2.31. The predicted octanol–water partition coefficient (Wildman–Crippen LogP) is 5.23. The van der Waals surface area contributed by atoms with E-state index in [-0.39, 0.29) is 24.7 Å². The quantitative estimate of drug-likeness (QED) is 0.345. The van der Waals surface area contributed by atoms with Gasteiger partial charge in [0.2, 0.25) is 11.3 Å². The molecule has 0 saturated heterocycles. The lowest BCUT2D eigenvalue weighted by molar-refractivity contribution is 0.0514. The molecule has 0 N–H and O–H groups in total. The van der Waals surface area contributed by atoms with Crippen molar-refractivity contribution in [1.82, 2.24) is 0 Å². The molecule has 0 radical (unpaired) electrons. The number of esters is 1. The summed E-state index contributed by atoms with van der Waals surface area (Å²) in [5.41, 5.74) is 1.07. The van der Waals surface area contributed by atoms with E-state index in [0.717, 1.165) is 11.4 Å². The van der Waals surface area contributed by atoms with E-state index >= 15 is 0 Å². The highest BCUT2D eigenvalue weighted by Gasteiger charge is 2.36. The van der Waals surface area contributed by atoms with E-state index < -0.39 is 19.5 Å². The van der Waals surface area contributed by atoms with Crippen molar-refractivity contribution in [3.8, 4) is 5.95 Å². The highest BCUT2D eigenvalue weighted by atomic mass is 28.3. The highest BCUT2D eigenvalue weighted by molar-refractivity contribution is 6.89. The third-order valence-electron chi connectivity index (χ3n) is 4.80. The van der Waals surface area contributed by atoms with Crippen LogP contribution in [0.5, 0.6) is 5.95 Å². The molecular formula is C25H29NO5Si. The number of carbonyl (C=O) groups is 1. The van der Waals surface area contributed by atoms with Crippen molar-refractivity contribution in [2.75, 3.05) is 18.1 Å². The van der Waals surface area contributed by atoms with Gasteiger partial charge < -0.3 is 13.9 Å². The van der Waals surface area contributed by atoms with Gasteiger partial charge in [0.1, 0.15) is 0 Å². The van der Waals surface area contributed by atoms with E-state index in [1.54, 1.807) is 13.8 Å². The van der Waals surface area contributed by atoms with Crippen LogP contribution in [-0.4, -0.2) is 27.3 Å². The van der Waals surface area contributed by atoms with Gasteiger partial charge in [-0.25, -0.2) is 4.79 Å². The zero-order valence-corrected chi connectivity index (χ0v) is 20.2. The third kappa shape index (κ3) is 4.78. The van der Waals surface area contributed by atoms with Crippen LogP contribution in [0.4, 0.5) is 17.3 Å². The van der Waals surface area contributed by atoms with Crippen LogP contribution in [0.25, 0.3) is 0 Å². The largest absolute Gasteiger partial charge is 0.465 e. The molecule has 1 heterocycles. The lowest BCUT2D eigenvalue weighted by Gasteiger charge is -2.29. The van der Waals surface area contributed by atoms with Crippen LogP contribution in [0, 0.1) is 0 Å². The Morgan fingerprint density at radius 1 is 0.906 bits per heavy atom. The molecule has 0 atom stereocenters. The van der Waals surface area contributed by atoms with Crippen molar-refractivity contribution in [2.24, 2.45) is 0 Å². The summed E-state index contributed by atoms with van der Waals surface area (Å²) >= 11 is 0. The van der Waals surface area contributed by atoms with Crippen LogP contribution in [0.2, 0.25) is 19.6 Å². The lowest BCUT2D eigenvalue weighted by atomic mass is 10.2. The second kappa shape index (κ2) is 9.87. The summed E-state index contributed by atoms with van der Waals surface area (Å²) in [5, 5.41) is 0.497. The number of para-hydroxylation sites is 2. The molecule has 1 aromatic heterocycles. The molecule has 3 aromatic rings. The topological polar surface area (TPSA) is 69.0 Å². The van der Waals surface area contributed by atoms with Gasteiger partial charge in [-0.15, -0.1) is 0 Å². The average molecular weight is 452 g/mol. The first kappa shape index (κ1) is 23.3. The molecular weight excluding hydrogens is 422 g/mol. The van der Waals surface area contributed by atoms with E-state index in [9.17, 15) is 9.59 Å². The number of ether oxygens (including phenoxy) is 2. The fourth-order valence-electron chi connectivity index (χ4n) is 3.47. The molecule has 0 bridgehead atoms. The number of benzene rings is 2. The zero-order chi connectivity index (χ0) is 23.3. The molecule has 0 unspecified atom stereocenters. The molecule has 0 spiro atoms. The molecule has 168 valence electrons. The molecule has 0 aliphatic heterocycles. The molecule has 32 heavy (non-hydrogen) atoms. The first-order chi connectivity index (χ1) is 15.3. The van der Waals surface area contributed by atoms with E-state index in [4.69, 9.17) is 13.9 Å². The molecule has 2 aromatic carbocycles. The second-order valence-corrected chi connectivity index (χ2v) is 13.2. The smallest absolute Gasteiger partial charge is 0.349 e. The number of nitrogens with zero attached hydrogens (tertiary/aromatic N) is 1. The van der Waals surface area contributed by atoms with Gasteiger partial charge in [-0.05, 0) is 38.1 Å². The first-order valence-electron chi connectivity index (χ1n) is 10.7. The summed E-state index contributed by atoms with van der Waals surface area (Å²) < 4.78 is 17.1. The van der Waals surface area contributed by atoms with E-state index in [1.807, 2.05) is 85.2 Å². The Balaban J connectivity index is 2.41. The van der Waals surface area contributed by atoms with Crippen molar-refractivity contribution in [2.45, 2.75) is 33.5 Å². The number of hydrogen-bond acceptors (Lipinski definition) is 6. The summed E-state index contributed by atoms with van der Waals surface area (Å²) in [6.45, 7) is 9.99. The molecule has 0 amide bonds. The van der Waals surface area contributed by atoms with Crippen LogP contribution in [-0.2, 0) is 4.74 Å².